The van der Waals surface area contributed by atoms with Crippen molar-refractivity contribution < 1.29 is 55.1 Å². The molecular weight excluding hydrogens is 662 g/mol. The van der Waals surface area contributed by atoms with E-state index in [4.69, 9.17) is 9.47 Å². The molecule has 7 rings (SSSR count). The van der Waals surface area contributed by atoms with Crippen LogP contribution in [0.15, 0.2) is 48.7 Å². The molecule has 10 atom stereocenters. The predicted molar refractivity (Wildman–Crippen MR) is 178 cm³/mol. The lowest BCUT2D eigenvalue weighted by Crippen LogP contribution is -2.58. The first kappa shape index (κ1) is 35.3. The van der Waals surface area contributed by atoms with E-state index in [1.807, 2.05) is 36.4 Å². The van der Waals surface area contributed by atoms with E-state index in [9.17, 15) is 45.6 Å². The highest BCUT2D eigenvalue weighted by Gasteiger charge is 2.47. The first-order valence-electron chi connectivity index (χ1n) is 16.8. The Labute approximate surface area is 292 Å². The van der Waals surface area contributed by atoms with Crippen LogP contribution in [0, 0.1) is 23.7 Å². The molecule has 10 unspecified atom stereocenters. The van der Waals surface area contributed by atoms with Gasteiger partial charge in [-0.1, -0.05) is 35.8 Å². The van der Waals surface area contributed by atoms with Gasteiger partial charge in [-0.25, -0.2) is 0 Å². The van der Waals surface area contributed by atoms with Crippen LogP contribution in [0.2, 0.25) is 0 Å². The fraction of sp³-hybridized carbons (Fsp3) is 0.459. The number of hydrogen-bond donors (Lipinski definition) is 9. The topological polar surface area (TPSA) is 229 Å². The van der Waals surface area contributed by atoms with Crippen molar-refractivity contribution in [2.24, 2.45) is 0 Å². The number of carbonyl (C=O) groups is 1. The Hall–Kier alpha value is -4.16. The van der Waals surface area contributed by atoms with E-state index in [0.29, 0.717) is 42.8 Å². The van der Waals surface area contributed by atoms with Gasteiger partial charge >= 0.3 is 0 Å². The average Bonchev–Trinajstić information content (AvgIpc) is 3.78. The van der Waals surface area contributed by atoms with Crippen LogP contribution >= 0.6 is 0 Å². The lowest BCUT2D eigenvalue weighted by atomic mass is 9.70. The number of rotatable bonds is 3. The number of aromatic amines is 1. The summed E-state index contributed by atoms with van der Waals surface area (Å²) in [5, 5.41) is 87.5. The largest absolute Gasteiger partial charge is 0.394 e. The van der Waals surface area contributed by atoms with E-state index in [-0.39, 0.29) is 5.91 Å². The zero-order valence-corrected chi connectivity index (χ0v) is 27.3. The molecule has 0 radical (unpaired) electrons. The van der Waals surface area contributed by atoms with Gasteiger partial charge in [-0.2, -0.15) is 5.10 Å². The maximum atomic E-state index is 13.2. The van der Waals surface area contributed by atoms with Crippen molar-refractivity contribution in [2.45, 2.75) is 79.3 Å². The van der Waals surface area contributed by atoms with Crippen LogP contribution in [0.5, 0.6) is 0 Å². The van der Waals surface area contributed by atoms with E-state index >= 15 is 0 Å². The molecule has 3 aliphatic heterocycles. The van der Waals surface area contributed by atoms with Gasteiger partial charge in [0.2, 0.25) is 0 Å². The minimum absolute atomic E-state index is 0.154. The molecule has 14 heteroatoms. The minimum Gasteiger partial charge on any atom is -0.394 e. The lowest BCUT2D eigenvalue weighted by molar-refractivity contribution is -0.214. The fourth-order valence-electron chi connectivity index (χ4n) is 7.58. The minimum atomic E-state index is -1.54. The summed E-state index contributed by atoms with van der Waals surface area (Å²) < 4.78 is 11.2. The van der Waals surface area contributed by atoms with Crippen LogP contribution in [0.25, 0.3) is 11.1 Å². The molecule has 0 saturated carbocycles. The number of H-pyrrole nitrogens is 1. The third-order valence-electron chi connectivity index (χ3n) is 10.5. The average molecular weight is 702 g/mol. The summed E-state index contributed by atoms with van der Waals surface area (Å²) in [7, 11) is 0. The van der Waals surface area contributed by atoms with Gasteiger partial charge in [0, 0.05) is 35.8 Å². The van der Waals surface area contributed by atoms with Crippen molar-refractivity contribution in [2.75, 3.05) is 26.3 Å². The van der Waals surface area contributed by atoms with Crippen LogP contribution in [-0.2, 0) is 14.9 Å². The van der Waals surface area contributed by atoms with E-state index in [1.54, 1.807) is 11.0 Å². The van der Waals surface area contributed by atoms with Crippen molar-refractivity contribution in [3.63, 3.8) is 0 Å². The Balaban J connectivity index is 1.22. The van der Waals surface area contributed by atoms with Gasteiger partial charge in [-0.05, 0) is 65.4 Å². The van der Waals surface area contributed by atoms with Gasteiger partial charge in [0.1, 0.15) is 66.7 Å². The van der Waals surface area contributed by atoms with Gasteiger partial charge in [-0.15, -0.1) is 0 Å². The summed E-state index contributed by atoms with van der Waals surface area (Å²) in [6.07, 6.45) is -10.8. The van der Waals surface area contributed by atoms with E-state index in [1.165, 1.54) is 6.20 Å². The van der Waals surface area contributed by atoms with E-state index < -0.39 is 79.7 Å². The number of piperidine rings is 1. The normalized spacial score (nSPS) is 32.3. The number of amides is 1. The Morgan fingerprint density at radius 2 is 1.24 bits per heavy atom. The molecule has 268 valence electrons. The van der Waals surface area contributed by atoms with Crippen molar-refractivity contribution in [3.05, 3.63) is 76.6 Å². The number of ether oxygens (including phenoxy) is 2. The quantitative estimate of drug-likeness (QED) is 0.135. The smallest absolute Gasteiger partial charge is 0.271 e. The monoisotopic (exact) mass is 701 g/mol. The molecule has 4 heterocycles. The molecule has 51 heavy (non-hydrogen) atoms. The highest BCUT2D eigenvalue weighted by Crippen LogP contribution is 2.54. The number of likely N-dealkylation sites (tertiary alicyclic amines) is 1. The van der Waals surface area contributed by atoms with Crippen LogP contribution in [-0.4, -0.2) is 149 Å². The zero-order chi connectivity index (χ0) is 36.0. The number of fused-ring (bicyclic) bond motifs is 5. The highest BCUT2D eigenvalue weighted by molar-refractivity contribution is 5.92. The SMILES string of the molecule is O=C(c1ccn[nH]1)N1CCC2(CC1)c1cc(C#CC3OC(CO)C(O)C(O)C3O)ccc1-c1ccc(C#CC3OC(CO)C(O)C(O)C3O)cc12. The van der Waals surface area contributed by atoms with Gasteiger partial charge in [0.15, 0.2) is 0 Å². The molecule has 1 aliphatic carbocycles. The van der Waals surface area contributed by atoms with Crippen LogP contribution in [0.4, 0.5) is 0 Å². The summed E-state index contributed by atoms with van der Waals surface area (Å²) in [5.41, 5.74) is 5.01. The Bertz CT molecular complexity index is 1780. The van der Waals surface area contributed by atoms with Crippen molar-refractivity contribution in [1.29, 1.82) is 0 Å². The molecule has 0 bridgehead atoms. The van der Waals surface area contributed by atoms with Gasteiger partial charge in [0.25, 0.3) is 5.91 Å². The van der Waals surface area contributed by atoms with Gasteiger partial charge < -0.3 is 55.2 Å². The number of aromatic nitrogens is 2. The number of nitrogens with zero attached hydrogens (tertiary/aromatic N) is 2. The second kappa shape index (κ2) is 14.1. The summed E-state index contributed by atoms with van der Waals surface area (Å²) >= 11 is 0. The second-order valence-corrected chi connectivity index (χ2v) is 13.4. The van der Waals surface area contributed by atoms with Crippen LogP contribution in [0.1, 0.15) is 45.6 Å². The number of aliphatic hydroxyl groups is 8. The summed E-state index contributed by atoms with van der Waals surface area (Å²) in [6.45, 7) is -0.231. The van der Waals surface area contributed by atoms with Crippen LogP contribution < -0.4 is 0 Å². The molecule has 9 N–H and O–H groups in total. The number of benzene rings is 2. The number of hydrogen-bond acceptors (Lipinski definition) is 12. The van der Waals surface area contributed by atoms with E-state index in [0.717, 1.165) is 22.3 Å². The lowest BCUT2D eigenvalue weighted by Gasteiger charge is -2.41. The number of aliphatic hydroxyl groups excluding tert-OH is 8. The van der Waals surface area contributed by atoms with Crippen molar-refractivity contribution >= 4 is 5.91 Å². The maximum Gasteiger partial charge on any atom is 0.271 e. The summed E-state index contributed by atoms with van der Waals surface area (Å²) in [4.78, 5) is 15.0. The molecular formula is C37H39N3O11. The molecule has 2 aromatic carbocycles. The Kier molecular flexibility index (Phi) is 9.75. The van der Waals surface area contributed by atoms with Crippen molar-refractivity contribution in [3.8, 4) is 34.8 Å². The maximum absolute atomic E-state index is 13.2. The Morgan fingerprint density at radius 3 is 1.67 bits per heavy atom. The number of carbonyl (C=O) groups excluding carboxylic acids is 1. The third-order valence-corrected chi connectivity index (χ3v) is 10.5. The molecule has 1 spiro atoms. The first-order chi connectivity index (χ1) is 24.6. The second-order valence-electron chi connectivity index (χ2n) is 13.4. The molecule has 1 amide bonds. The van der Waals surface area contributed by atoms with Crippen molar-refractivity contribution in [1.82, 2.24) is 15.1 Å². The van der Waals surface area contributed by atoms with E-state index in [2.05, 4.69) is 33.9 Å². The standard InChI is InChI=1S/C37H39N3O11/c41-17-28-32(45)34(47)30(43)26(50-28)7-3-19-1-5-21-22-6-2-20(4-8-27-31(44)35(48)33(46)29(18-42)51-27)16-24(22)37(23(21)15-19)10-13-40(14-11-37)36(49)25-9-12-38-39-25/h1-2,5-6,9,12,15-16,26-35,41-48H,10-11,13-14,17-18H2,(H,38,39). The molecule has 3 saturated heterocycles. The molecule has 4 aliphatic rings. The molecule has 3 aromatic rings. The Morgan fingerprint density at radius 1 is 0.745 bits per heavy atom. The summed E-state index contributed by atoms with van der Waals surface area (Å²) in [5.74, 6) is 11.6. The number of nitrogens with one attached hydrogen (secondary N) is 1. The van der Waals surface area contributed by atoms with Gasteiger partial charge in [-0.3, -0.25) is 9.89 Å². The third kappa shape index (κ3) is 6.24. The molecule has 1 aromatic heterocycles. The molecule has 14 nitrogen and oxygen atoms in total. The summed E-state index contributed by atoms with van der Waals surface area (Å²) in [6, 6.07) is 13.2. The zero-order valence-electron chi connectivity index (χ0n) is 27.3. The highest BCUT2D eigenvalue weighted by atomic mass is 16.5. The molecule has 3 fully saturated rings. The van der Waals surface area contributed by atoms with Gasteiger partial charge in [0.05, 0.1) is 13.2 Å². The first-order valence-corrected chi connectivity index (χ1v) is 16.8. The van der Waals surface area contributed by atoms with Crippen LogP contribution in [0.3, 0.4) is 0 Å². The predicted octanol–water partition coefficient (Wildman–Crippen LogP) is -2.00. The fourth-order valence-corrected chi connectivity index (χ4v) is 7.58.